The van der Waals surface area contributed by atoms with Gasteiger partial charge in [-0.3, -0.25) is 4.79 Å². The number of ether oxygens (including phenoxy) is 3. The zero-order chi connectivity index (χ0) is 14.5. The summed E-state index contributed by atoms with van der Waals surface area (Å²) in [6, 6.07) is 2.98. The number of carbonyl (C=O) groups excluding carboxylic acids is 1. The highest BCUT2D eigenvalue weighted by Gasteiger charge is 2.43. The fourth-order valence-corrected chi connectivity index (χ4v) is 1.80. The summed E-state index contributed by atoms with van der Waals surface area (Å²) in [4.78, 5) is 25.3. The number of rotatable bonds is 7. The van der Waals surface area contributed by atoms with Gasteiger partial charge in [-0.15, -0.1) is 0 Å². The number of aromatic nitrogens is 1. The van der Waals surface area contributed by atoms with Crippen LogP contribution in [0.3, 0.4) is 0 Å². The monoisotopic (exact) mass is 282 g/mol. The van der Waals surface area contributed by atoms with Crippen LogP contribution in [0.1, 0.15) is 6.42 Å². The average Bonchev–Trinajstić information content (AvgIpc) is 2.43. The highest BCUT2D eigenvalue weighted by molar-refractivity contribution is 5.90. The Kier molecular flexibility index (Phi) is 4.59. The van der Waals surface area contributed by atoms with Gasteiger partial charge in [-0.2, -0.15) is 0 Å². The second-order valence-electron chi connectivity index (χ2n) is 4.19. The Balaban J connectivity index is 1.99. The minimum Gasteiger partial charge on any atom is -0.479 e. The van der Waals surface area contributed by atoms with Gasteiger partial charge < -0.3 is 24.3 Å². The molecule has 0 amide bonds. The highest BCUT2D eigenvalue weighted by atomic mass is 16.6. The van der Waals surface area contributed by atoms with Gasteiger partial charge in [-0.25, -0.2) is 0 Å². The molecule has 0 N–H and O–H groups in total. The fraction of sp³-hybridized carbons (Fsp3) is 0.500. The number of hydrogen-bond donors (Lipinski definition) is 0. The molecule has 1 heterocycles. The van der Waals surface area contributed by atoms with E-state index >= 15 is 0 Å². The topological polar surface area (TPSA) is 101 Å². The molecule has 1 aliphatic carbocycles. The Morgan fingerprint density at radius 1 is 1.50 bits per heavy atom. The van der Waals surface area contributed by atoms with Gasteiger partial charge in [0.05, 0.1) is 13.2 Å². The number of carbonyl (C=O) groups is 1. The van der Waals surface area contributed by atoms with Gasteiger partial charge in [0.1, 0.15) is 12.3 Å². The van der Waals surface area contributed by atoms with E-state index in [2.05, 4.69) is 4.98 Å². The van der Waals surface area contributed by atoms with E-state index in [1.807, 2.05) is 0 Å². The van der Waals surface area contributed by atoms with Gasteiger partial charge in [0, 0.05) is 13.5 Å². The van der Waals surface area contributed by atoms with Crippen molar-refractivity contribution in [2.75, 3.05) is 20.3 Å². The molecule has 1 aromatic heterocycles. The van der Waals surface area contributed by atoms with Crippen molar-refractivity contribution in [3.8, 4) is 5.75 Å². The van der Waals surface area contributed by atoms with Crippen molar-refractivity contribution < 1.29 is 23.9 Å². The molecule has 108 valence electrons. The molecule has 1 saturated carbocycles. The third kappa shape index (κ3) is 3.09. The van der Waals surface area contributed by atoms with Crippen molar-refractivity contribution in [2.45, 2.75) is 18.6 Å². The first-order valence-electron chi connectivity index (χ1n) is 6.02. The summed E-state index contributed by atoms with van der Waals surface area (Å²) in [7, 11) is 1.53. The summed E-state index contributed by atoms with van der Waals surface area (Å²) in [6.45, 7) is 0.630. The van der Waals surface area contributed by atoms with Crippen LogP contribution >= 0.6 is 0 Å². The Bertz CT molecular complexity index is 506. The predicted octanol–water partition coefficient (Wildman–Crippen LogP) is 0.742. The lowest BCUT2D eigenvalue weighted by atomic mass is 9.90. The van der Waals surface area contributed by atoms with Crippen molar-refractivity contribution in [3.05, 3.63) is 28.4 Å². The molecule has 0 bridgehead atoms. The van der Waals surface area contributed by atoms with Crippen LogP contribution < -0.4 is 4.74 Å². The number of methoxy groups -OCH3 is 1. The van der Waals surface area contributed by atoms with Crippen molar-refractivity contribution in [1.29, 1.82) is 0 Å². The fourth-order valence-electron chi connectivity index (χ4n) is 1.80. The molecule has 1 aliphatic rings. The molecule has 8 nitrogen and oxygen atoms in total. The Labute approximate surface area is 114 Å². The number of nitrogens with zero attached hydrogens (tertiary/aromatic N) is 2. The van der Waals surface area contributed by atoms with E-state index in [0.717, 1.165) is 0 Å². The van der Waals surface area contributed by atoms with Crippen LogP contribution in [0.5, 0.6) is 5.75 Å². The number of hydrogen-bond acceptors (Lipinski definition) is 7. The van der Waals surface area contributed by atoms with E-state index in [0.29, 0.717) is 6.61 Å². The van der Waals surface area contributed by atoms with Crippen molar-refractivity contribution in [2.24, 2.45) is 0 Å². The normalized spacial score (nSPS) is 21.4. The van der Waals surface area contributed by atoms with Crippen molar-refractivity contribution in [1.82, 2.24) is 4.98 Å². The maximum absolute atomic E-state index is 11.4. The lowest BCUT2D eigenvalue weighted by Crippen LogP contribution is -2.52. The molecule has 0 radical (unpaired) electrons. The van der Waals surface area contributed by atoms with Crippen LogP contribution in [0.15, 0.2) is 18.3 Å². The standard InChI is InChI=1S/C12H14N2O6/c1-18-5-6-19-11-8(15)7-10(11)20-9-3-2-4-13-12(9)14(16)17/h2-4,10-11H,5-7H2,1H3. The maximum atomic E-state index is 11.4. The van der Waals surface area contributed by atoms with E-state index in [-0.39, 0.29) is 30.4 Å². The summed E-state index contributed by atoms with van der Waals surface area (Å²) < 4.78 is 15.6. The zero-order valence-corrected chi connectivity index (χ0v) is 10.9. The minimum atomic E-state index is -0.704. The number of Topliss-reactive ketones (excluding diaryl/α,β-unsaturated/α-hetero) is 1. The molecule has 2 unspecified atom stereocenters. The molecular weight excluding hydrogens is 268 g/mol. The van der Waals surface area contributed by atoms with Crippen LogP contribution in [-0.4, -0.2) is 48.2 Å². The molecule has 2 atom stereocenters. The minimum absolute atomic E-state index is 0.0374. The Hall–Kier alpha value is -2.06. The van der Waals surface area contributed by atoms with Gasteiger partial charge in [0.15, 0.2) is 11.9 Å². The summed E-state index contributed by atoms with van der Waals surface area (Å²) in [5.41, 5.74) is 0. The SMILES string of the molecule is COCCOC1C(=O)CC1Oc1cccnc1[N+](=O)[O-]. The smallest absolute Gasteiger partial charge is 0.406 e. The summed E-state index contributed by atoms with van der Waals surface area (Å²) >= 11 is 0. The van der Waals surface area contributed by atoms with Crippen LogP contribution in [0.4, 0.5) is 5.82 Å². The molecule has 20 heavy (non-hydrogen) atoms. The lowest BCUT2D eigenvalue weighted by molar-refractivity contribution is -0.390. The lowest BCUT2D eigenvalue weighted by Gasteiger charge is -2.34. The average molecular weight is 282 g/mol. The molecule has 0 spiro atoms. The molecule has 2 rings (SSSR count). The van der Waals surface area contributed by atoms with Gasteiger partial charge in [0.25, 0.3) is 0 Å². The van der Waals surface area contributed by atoms with Gasteiger partial charge in [-0.05, 0) is 22.0 Å². The molecule has 0 aromatic carbocycles. The molecule has 0 aliphatic heterocycles. The van der Waals surface area contributed by atoms with E-state index in [4.69, 9.17) is 14.2 Å². The van der Waals surface area contributed by atoms with E-state index in [1.54, 1.807) is 0 Å². The van der Waals surface area contributed by atoms with Crippen LogP contribution in [-0.2, 0) is 14.3 Å². The van der Waals surface area contributed by atoms with Crippen molar-refractivity contribution in [3.63, 3.8) is 0 Å². The third-order valence-corrected chi connectivity index (χ3v) is 2.84. The van der Waals surface area contributed by atoms with E-state index in [1.165, 1.54) is 25.4 Å². The number of pyridine rings is 1. The summed E-state index contributed by atoms with van der Waals surface area (Å²) in [6.07, 6.45) is 0.250. The number of nitro groups is 1. The van der Waals surface area contributed by atoms with Crippen LogP contribution in [0.2, 0.25) is 0 Å². The molecular formula is C12H14N2O6. The zero-order valence-electron chi connectivity index (χ0n) is 10.9. The molecule has 1 aromatic rings. The van der Waals surface area contributed by atoms with Crippen molar-refractivity contribution >= 4 is 11.6 Å². The second kappa shape index (κ2) is 6.40. The second-order valence-corrected chi connectivity index (χ2v) is 4.19. The van der Waals surface area contributed by atoms with Crippen LogP contribution in [0, 0.1) is 10.1 Å². The Morgan fingerprint density at radius 2 is 2.30 bits per heavy atom. The maximum Gasteiger partial charge on any atom is 0.406 e. The first kappa shape index (κ1) is 14.4. The van der Waals surface area contributed by atoms with Gasteiger partial charge in [0.2, 0.25) is 5.75 Å². The molecule has 8 heteroatoms. The summed E-state index contributed by atoms with van der Waals surface area (Å²) in [5.74, 6) is -0.421. The molecule has 1 fully saturated rings. The Morgan fingerprint density at radius 3 is 2.95 bits per heavy atom. The summed E-state index contributed by atoms with van der Waals surface area (Å²) in [5, 5.41) is 10.8. The molecule has 0 saturated heterocycles. The van der Waals surface area contributed by atoms with E-state index in [9.17, 15) is 14.9 Å². The first-order valence-corrected chi connectivity index (χ1v) is 6.02. The van der Waals surface area contributed by atoms with E-state index < -0.39 is 17.1 Å². The highest BCUT2D eigenvalue weighted by Crippen LogP contribution is 2.30. The first-order chi connectivity index (χ1) is 9.63. The third-order valence-electron chi connectivity index (χ3n) is 2.84. The number of ketones is 1. The largest absolute Gasteiger partial charge is 0.479 e. The predicted molar refractivity (Wildman–Crippen MR) is 66.5 cm³/mol. The van der Waals surface area contributed by atoms with Gasteiger partial charge >= 0.3 is 5.82 Å². The van der Waals surface area contributed by atoms with Crippen LogP contribution in [0.25, 0.3) is 0 Å². The van der Waals surface area contributed by atoms with Gasteiger partial charge in [-0.1, -0.05) is 0 Å². The quantitative estimate of drug-likeness (QED) is 0.413.